The van der Waals surface area contributed by atoms with E-state index < -0.39 is 20.0 Å². The zero-order valence-corrected chi connectivity index (χ0v) is 28.1. The van der Waals surface area contributed by atoms with Crippen LogP contribution in [0.4, 0.5) is 11.4 Å². The van der Waals surface area contributed by atoms with E-state index in [9.17, 15) is 19.5 Å². The molecular formula is C35H41N5O6Si. The van der Waals surface area contributed by atoms with Crippen molar-refractivity contribution in [2.75, 3.05) is 23.9 Å². The minimum Gasteiger partial charge on any atom is -0.497 e. The number of carbonyl (C=O) groups is 2. The van der Waals surface area contributed by atoms with Crippen molar-refractivity contribution in [3.8, 4) is 5.75 Å². The van der Waals surface area contributed by atoms with Gasteiger partial charge in [-0.1, -0.05) is 42.5 Å². The van der Waals surface area contributed by atoms with Gasteiger partial charge in [0.05, 0.1) is 31.1 Å². The number of nitrogens with one attached hydrogen (secondary N) is 1. The Kier molecular flexibility index (Phi) is 9.03. The van der Waals surface area contributed by atoms with E-state index in [0.29, 0.717) is 42.1 Å². The van der Waals surface area contributed by atoms with Gasteiger partial charge in [0, 0.05) is 54.0 Å². The quantitative estimate of drug-likeness (QED) is 0.201. The molecule has 2 aliphatic rings. The lowest BCUT2D eigenvalue weighted by Gasteiger charge is -2.32. The molecule has 0 saturated carbocycles. The van der Waals surface area contributed by atoms with Crippen LogP contribution in [0.5, 0.6) is 5.75 Å². The van der Waals surface area contributed by atoms with Crippen LogP contribution in [0.3, 0.4) is 0 Å². The van der Waals surface area contributed by atoms with Gasteiger partial charge in [0.15, 0.2) is 13.9 Å². The molecule has 0 bridgehead atoms. The number of aliphatic hydroxyl groups is 1. The fraction of sp³-hybridized carbons (Fsp3) is 0.371. The van der Waals surface area contributed by atoms with Crippen LogP contribution < -0.4 is 15.0 Å². The van der Waals surface area contributed by atoms with E-state index in [0.717, 1.165) is 16.8 Å². The van der Waals surface area contributed by atoms with E-state index in [-0.39, 0.29) is 36.4 Å². The molecule has 4 aromatic rings. The lowest BCUT2D eigenvalue weighted by Crippen LogP contribution is -2.46. The van der Waals surface area contributed by atoms with Gasteiger partial charge in [0.25, 0.3) is 11.8 Å². The predicted octanol–water partition coefficient (Wildman–Crippen LogP) is 4.51. The van der Waals surface area contributed by atoms with Crippen LogP contribution >= 0.6 is 0 Å². The number of benzene rings is 3. The van der Waals surface area contributed by atoms with Crippen molar-refractivity contribution in [3.63, 3.8) is 0 Å². The van der Waals surface area contributed by atoms with E-state index >= 15 is 0 Å². The summed E-state index contributed by atoms with van der Waals surface area (Å²) < 4.78 is 14.3. The minimum absolute atomic E-state index is 0.00899. The highest BCUT2D eigenvalue weighted by Crippen LogP contribution is 2.60. The van der Waals surface area contributed by atoms with Crippen molar-refractivity contribution < 1.29 is 29.0 Å². The first-order valence-corrected chi connectivity index (χ1v) is 18.9. The standard InChI is InChI=1S/C35H41N5O6Si/c1-23-32(47(3,4)44)31(15-17-39-22-27(16-18-41)37-38-39)46-35(23)29-20-28(45-2)13-14-30(29)40(34(35)43)21-24-9-8-12-26(19-24)36-33(42)25-10-6-5-7-11-25/h5-14,19-20,22-23,31-32,41,44H,15-18,21H2,1-4H3,(H,36,42)/t23-,31+,32-,35+/m1/s1. The summed E-state index contributed by atoms with van der Waals surface area (Å²) in [6.45, 7) is 6.54. The zero-order valence-electron chi connectivity index (χ0n) is 27.1. The summed E-state index contributed by atoms with van der Waals surface area (Å²) in [6.07, 6.45) is 2.33. The monoisotopic (exact) mass is 655 g/mol. The molecule has 1 aromatic heterocycles. The average Bonchev–Trinajstić information content (AvgIpc) is 3.70. The number of anilines is 2. The SMILES string of the molecule is COc1ccc2c(c1)[C@]1(O[C@@H](CCn3cc(CCO)nn3)[C@H]([Si](C)(C)O)[C@H]1C)C(=O)N2Cc1cccc(NC(=O)c2ccccc2)c1. The molecule has 1 saturated heterocycles. The summed E-state index contributed by atoms with van der Waals surface area (Å²) >= 11 is 0. The third-order valence-electron chi connectivity index (χ3n) is 9.35. The van der Waals surface area contributed by atoms with Crippen LogP contribution in [-0.2, 0) is 34.6 Å². The molecule has 47 heavy (non-hydrogen) atoms. The van der Waals surface area contributed by atoms with Crippen LogP contribution in [-0.4, -0.2) is 64.8 Å². The van der Waals surface area contributed by atoms with E-state index in [1.807, 2.05) is 80.7 Å². The number of aromatic nitrogens is 3. The molecule has 0 radical (unpaired) electrons. The van der Waals surface area contributed by atoms with Crippen molar-refractivity contribution in [1.82, 2.24) is 15.0 Å². The molecule has 4 atom stereocenters. The molecule has 3 aromatic carbocycles. The summed E-state index contributed by atoms with van der Waals surface area (Å²) in [4.78, 5) is 41.0. The number of hydrogen-bond acceptors (Lipinski definition) is 8. The van der Waals surface area contributed by atoms with E-state index in [1.165, 1.54) is 0 Å². The molecule has 3 heterocycles. The highest BCUT2D eigenvalue weighted by Gasteiger charge is 2.66. The molecule has 11 nitrogen and oxygen atoms in total. The molecule has 2 aliphatic heterocycles. The number of fused-ring (bicyclic) bond motifs is 2. The summed E-state index contributed by atoms with van der Waals surface area (Å²) in [5, 5.41) is 20.6. The van der Waals surface area contributed by atoms with Crippen LogP contribution in [0.15, 0.2) is 79.0 Å². The summed E-state index contributed by atoms with van der Waals surface area (Å²) in [7, 11) is -1.26. The number of rotatable bonds is 11. The second-order valence-corrected chi connectivity index (χ2v) is 16.9. The second kappa shape index (κ2) is 13.0. The first-order chi connectivity index (χ1) is 22.5. The fourth-order valence-electron chi connectivity index (χ4n) is 7.27. The third kappa shape index (κ3) is 6.21. The van der Waals surface area contributed by atoms with Crippen molar-refractivity contribution >= 4 is 31.5 Å². The predicted molar refractivity (Wildman–Crippen MR) is 180 cm³/mol. The van der Waals surface area contributed by atoms with Crippen molar-refractivity contribution in [1.29, 1.82) is 0 Å². The maximum atomic E-state index is 14.8. The van der Waals surface area contributed by atoms with Gasteiger partial charge in [0.1, 0.15) is 5.75 Å². The van der Waals surface area contributed by atoms with Crippen molar-refractivity contribution in [3.05, 3.63) is 101 Å². The maximum Gasteiger partial charge on any atom is 0.264 e. The molecule has 3 N–H and O–H groups in total. The van der Waals surface area contributed by atoms with Gasteiger partial charge < -0.3 is 29.6 Å². The Morgan fingerprint density at radius 2 is 1.89 bits per heavy atom. The molecular weight excluding hydrogens is 615 g/mol. The molecule has 1 spiro atoms. The first kappa shape index (κ1) is 32.6. The Bertz CT molecular complexity index is 1760. The van der Waals surface area contributed by atoms with Gasteiger partial charge in [0.2, 0.25) is 0 Å². The Hall–Kier alpha value is -4.36. The van der Waals surface area contributed by atoms with Gasteiger partial charge in [-0.05, 0) is 67.5 Å². The van der Waals surface area contributed by atoms with Crippen LogP contribution in [0.2, 0.25) is 18.6 Å². The van der Waals surface area contributed by atoms with Gasteiger partial charge in [-0.15, -0.1) is 5.10 Å². The minimum atomic E-state index is -2.86. The zero-order chi connectivity index (χ0) is 33.3. The summed E-state index contributed by atoms with van der Waals surface area (Å²) in [6, 6.07) is 22.1. The topological polar surface area (TPSA) is 139 Å². The van der Waals surface area contributed by atoms with Crippen LogP contribution in [0, 0.1) is 5.92 Å². The Morgan fingerprint density at radius 3 is 2.62 bits per heavy atom. The Balaban J connectivity index is 1.31. The van der Waals surface area contributed by atoms with E-state index in [2.05, 4.69) is 15.6 Å². The first-order valence-electron chi connectivity index (χ1n) is 15.9. The molecule has 0 aliphatic carbocycles. The lowest BCUT2D eigenvalue weighted by molar-refractivity contribution is -0.146. The summed E-state index contributed by atoms with van der Waals surface area (Å²) in [5.41, 5.74) is 2.59. The molecule has 12 heteroatoms. The second-order valence-electron chi connectivity index (χ2n) is 12.9. The Labute approximate surface area is 275 Å². The third-order valence-corrected chi connectivity index (χ3v) is 11.9. The van der Waals surface area contributed by atoms with Crippen LogP contribution in [0.1, 0.15) is 40.5 Å². The number of carbonyl (C=O) groups excluding carboxylic acids is 2. The van der Waals surface area contributed by atoms with Gasteiger partial charge >= 0.3 is 0 Å². The number of aliphatic hydroxyl groups excluding tert-OH is 1. The molecule has 6 rings (SSSR count). The number of aryl methyl sites for hydroxylation is 1. The highest BCUT2D eigenvalue weighted by atomic mass is 28.4. The van der Waals surface area contributed by atoms with Gasteiger partial charge in [-0.25, -0.2) is 0 Å². The van der Waals surface area contributed by atoms with Gasteiger partial charge in [-0.3, -0.25) is 14.3 Å². The van der Waals surface area contributed by atoms with Crippen molar-refractivity contribution in [2.24, 2.45) is 5.92 Å². The average molecular weight is 656 g/mol. The molecule has 0 unspecified atom stereocenters. The van der Waals surface area contributed by atoms with Crippen LogP contribution in [0.25, 0.3) is 0 Å². The highest BCUT2D eigenvalue weighted by molar-refractivity contribution is 6.71. The number of nitrogens with zero attached hydrogens (tertiary/aromatic N) is 4. The summed E-state index contributed by atoms with van der Waals surface area (Å²) in [5.74, 6) is -0.130. The smallest absolute Gasteiger partial charge is 0.264 e. The maximum absolute atomic E-state index is 14.8. The molecule has 2 amide bonds. The van der Waals surface area contributed by atoms with E-state index in [1.54, 1.807) is 35.0 Å². The number of ether oxygens (including phenoxy) is 2. The largest absolute Gasteiger partial charge is 0.497 e. The Morgan fingerprint density at radius 1 is 1.11 bits per heavy atom. The molecule has 246 valence electrons. The van der Waals surface area contributed by atoms with Gasteiger partial charge in [-0.2, -0.15) is 0 Å². The fourth-order valence-corrected chi connectivity index (χ4v) is 9.87. The number of methoxy groups -OCH3 is 1. The van der Waals surface area contributed by atoms with Crippen molar-refractivity contribution in [2.45, 2.75) is 63.2 Å². The van der Waals surface area contributed by atoms with E-state index in [4.69, 9.17) is 9.47 Å². The number of amides is 2. The lowest BCUT2D eigenvalue weighted by atomic mass is 9.82. The molecule has 1 fully saturated rings. The number of hydrogen-bond donors (Lipinski definition) is 3. The normalized spacial score (nSPS) is 22.1.